The molecule has 0 aliphatic heterocycles. The monoisotopic (exact) mass is 834 g/mol. The van der Waals surface area contributed by atoms with Crippen LogP contribution in [0.25, 0.3) is 0 Å². The first-order valence-corrected chi connectivity index (χ1v) is 24.4. The van der Waals surface area contributed by atoms with Crippen LogP contribution in [0.3, 0.4) is 0 Å². The predicted molar refractivity (Wildman–Crippen MR) is 243 cm³/mol. The third kappa shape index (κ3) is 44.6. The Morgan fingerprint density at radius 3 is 1.50 bits per heavy atom. The maximum absolute atomic E-state index is 12.1. The Hall–Kier alpha value is -2.55. The number of carbonyl (C=O) groups excluding carboxylic acids is 2. The third-order valence-electron chi connectivity index (χ3n) is 9.37. The summed E-state index contributed by atoms with van der Waals surface area (Å²) in [7, 11) is -4.43. The zero-order valence-corrected chi connectivity index (χ0v) is 37.6. The Balaban J connectivity index is 3.65. The van der Waals surface area contributed by atoms with Gasteiger partial charge in [-0.2, -0.15) is 0 Å². The largest absolute Gasteiger partial charge is 0.472 e. The van der Waals surface area contributed by atoms with Crippen LogP contribution < -0.4 is 5.32 Å². The number of amides is 1. The van der Waals surface area contributed by atoms with E-state index in [4.69, 9.17) is 13.8 Å². The van der Waals surface area contributed by atoms with Gasteiger partial charge in [0, 0.05) is 19.4 Å². The number of unbranched alkanes of at least 4 members (excludes halogenated alkanes) is 17. The number of hydrogen-bond donors (Lipinski definition) is 3. The lowest BCUT2D eigenvalue weighted by atomic mass is 10.1. The standard InChI is InChI=1S/C48H84NO8P/c1-3-5-7-9-11-13-15-17-19-21-22-23-24-25-26-28-30-32-34-36-38-40-47(51)49-42-43-56-58(53,54)57-45-46(50)44-55-48(52)41-39-37-35-33-31-29-27-20-18-16-14-12-10-8-6-4-2/h5,7,11,13,17,19-20,22-23,25-27,46,50H,3-4,6,8-10,12,14-16,18,21,24,28-45H2,1-2H3,(H,49,51)(H,53,54)/b7-5-,13-11-,19-17-,23-22-,26-25-,27-20-. The van der Waals surface area contributed by atoms with E-state index < -0.39 is 26.5 Å². The average Bonchev–Trinajstić information content (AvgIpc) is 3.21. The Kier molecular flexibility index (Phi) is 42.1. The highest BCUT2D eigenvalue weighted by Gasteiger charge is 2.23. The second-order valence-corrected chi connectivity index (χ2v) is 16.4. The molecular formula is C48H84NO8P. The highest BCUT2D eigenvalue weighted by molar-refractivity contribution is 7.47. The Morgan fingerprint density at radius 2 is 0.983 bits per heavy atom. The van der Waals surface area contributed by atoms with Gasteiger partial charge in [0.25, 0.3) is 0 Å². The molecule has 0 aliphatic rings. The molecule has 0 fully saturated rings. The van der Waals surface area contributed by atoms with Crippen LogP contribution in [0.15, 0.2) is 72.9 Å². The fraction of sp³-hybridized carbons (Fsp3) is 0.708. The van der Waals surface area contributed by atoms with Crippen molar-refractivity contribution in [3.63, 3.8) is 0 Å². The van der Waals surface area contributed by atoms with Gasteiger partial charge in [0.15, 0.2) is 0 Å². The molecule has 0 saturated heterocycles. The maximum Gasteiger partial charge on any atom is 0.472 e. The number of rotatable bonds is 42. The summed E-state index contributed by atoms with van der Waals surface area (Å²) in [6.07, 6.45) is 54.0. The molecule has 0 heterocycles. The molecule has 0 aromatic heterocycles. The van der Waals surface area contributed by atoms with Crippen molar-refractivity contribution < 1.29 is 37.9 Å². The van der Waals surface area contributed by atoms with Crippen molar-refractivity contribution in [3.8, 4) is 0 Å². The maximum atomic E-state index is 12.1. The lowest BCUT2D eigenvalue weighted by molar-refractivity contribution is -0.147. The van der Waals surface area contributed by atoms with Gasteiger partial charge in [-0.15, -0.1) is 0 Å². The molecule has 10 heteroatoms. The summed E-state index contributed by atoms with van der Waals surface area (Å²) < 4.78 is 26.9. The number of allylic oxidation sites excluding steroid dienone is 12. The van der Waals surface area contributed by atoms with E-state index in [0.717, 1.165) is 109 Å². The number of hydrogen-bond acceptors (Lipinski definition) is 7. The zero-order chi connectivity index (χ0) is 42.5. The molecule has 58 heavy (non-hydrogen) atoms. The number of carbonyl (C=O) groups is 2. The van der Waals surface area contributed by atoms with Crippen LogP contribution in [0.4, 0.5) is 0 Å². The van der Waals surface area contributed by atoms with E-state index in [1.54, 1.807) is 0 Å². The van der Waals surface area contributed by atoms with Crippen molar-refractivity contribution in [3.05, 3.63) is 72.9 Å². The van der Waals surface area contributed by atoms with Gasteiger partial charge >= 0.3 is 13.8 Å². The highest BCUT2D eigenvalue weighted by Crippen LogP contribution is 2.42. The fourth-order valence-electron chi connectivity index (χ4n) is 5.93. The summed E-state index contributed by atoms with van der Waals surface area (Å²) in [4.78, 5) is 34.0. The smallest absolute Gasteiger partial charge is 0.463 e. The first kappa shape index (κ1) is 55.5. The van der Waals surface area contributed by atoms with Crippen LogP contribution in [0.5, 0.6) is 0 Å². The second kappa shape index (κ2) is 44.0. The fourth-order valence-corrected chi connectivity index (χ4v) is 6.69. The van der Waals surface area contributed by atoms with Gasteiger partial charge in [0.05, 0.1) is 13.2 Å². The molecule has 0 radical (unpaired) electrons. The average molecular weight is 834 g/mol. The minimum absolute atomic E-state index is 0.0660. The predicted octanol–water partition coefficient (Wildman–Crippen LogP) is 13.0. The lowest BCUT2D eigenvalue weighted by Gasteiger charge is -2.15. The van der Waals surface area contributed by atoms with Crippen LogP contribution in [0.2, 0.25) is 0 Å². The van der Waals surface area contributed by atoms with E-state index in [-0.39, 0.29) is 32.1 Å². The summed E-state index contributed by atoms with van der Waals surface area (Å²) in [6.45, 7) is 3.40. The van der Waals surface area contributed by atoms with Gasteiger partial charge < -0.3 is 20.1 Å². The number of aliphatic hydroxyl groups excluding tert-OH is 1. The Morgan fingerprint density at radius 1 is 0.552 bits per heavy atom. The molecule has 0 aliphatic carbocycles. The molecule has 3 N–H and O–H groups in total. The molecule has 2 unspecified atom stereocenters. The van der Waals surface area contributed by atoms with Gasteiger partial charge in [-0.3, -0.25) is 18.6 Å². The van der Waals surface area contributed by atoms with Crippen LogP contribution >= 0.6 is 7.82 Å². The molecule has 9 nitrogen and oxygen atoms in total. The van der Waals surface area contributed by atoms with Gasteiger partial charge in [0.1, 0.15) is 12.7 Å². The van der Waals surface area contributed by atoms with Crippen molar-refractivity contribution in [2.75, 3.05) is 26.4 Å². The van der Waals surface area contributed by atoms with Crippen LogP contribution in [0.1, 0.15) is 187 Å². The topological polar surface area (TPSA) is 131 Å². The van der Waals surface area contributed by atoms with Crippen LogP contribution in [0, 0.1) is 0 Å². The van der Waals surface area contributed by atoms with Crippen LogP contribution in [-0.2, 0) is 27.9 Å². The van der Waals surface area contributed by atoms with Crippen molar-refractivity contribution >= 4 is 19.7 Å². The number of esters is 1. The van der Waals surface area contributed by atoms with E-state index in [2.05, 4.69) is 92.1 Å². The van der Waals surface area contributed by atoms with E-state index in [1.165, 1.54) is 51.4 Å². The Bertz CT molecular complexity index is 1180. The summed E-state index contributed by atoms with van der Waals surface area (Å²) in [6, 6.07) is 0. The van der Waals surface area contributed by atoms with Crippen molar-refractivity contribution in [1.29, 1.82) is 0 Å². The van der Waals surface area contributed by atoms with Crippen molar-refractivity contribution in [2.45, 2.75) is 193 Å². The summed E-state index contributed by atoms with van der Waals surface area (Å²) in [5, 5.41) is 12.7. The van der Waals surface area contributed by atoms with Crippen molar-refractivity contribution in [1.82, 2.24) is 5.32 Å². The molecule has 334 valence electrons. The van der Waals surface area contributed by atoms with Crippen LogP contribution in [-0.4, -0.2) is 54.3 Å². The number of aliphatic hydroxyl groups is 1. The molecule has 0 bridgehead atoms. The third-order valence-corrected chi connectivity index (χ3v) is 10.4. The molecular weight excluding hydrogens is 750 g/mol. The summed E-state index contributed by atoms with van der Waals surface area (Å²) in [5.74, 6) is -0.547. The van der Waals surface area contributed by atoms with E-state index in [1.807, 2.05) is 0 Å². The minimum atomic E-state index is -4.43. The molecule has 0 rings (SSSR count). The zero-order valence-electron chi connectivity index (χ0n) is 36.7. The Labute approximate surface area is 354 Å². The first-order valence-electron chi connectivity index (χ1n) is 22.9. The molecule has 0 aromatic rings. The molecule has 1 amide bonds. The summed E-state index contributed by atoms with van der Waals surface area (Å²) in [5.41, 5.74) is 0. The number of phosphoric acid groups is 1. The quantitative estimate of drug-likeness (QED) is 0.0240. The minimum Gasteiger partial charge on any atom is -0.463 e. The van der Waals surface area contributed by atoms with E-state index >= 15 is 0 Å². The van der Waals surface area contributed by atoms with Gasteiger partial charge in [-0.1, -0.05) is 164 Å². The molecule has 0 spiro atoms. The van der Waals surface area contributed by atoms with Gasteiger partial charge in [0.2, 0.25) is 5.91 Å². The molecule has 2 atom stereocenters. The lowest BCUT2D eigenvalue weighted by Crippen LogP contribution is -2.27. The van der Waals surface area contributed by atoms with Gasteiger partial charge in [-0.25, -0.2) is 4.57 Å². The first-order chi connectivity index (χ1) is 28.3. The van der Waals surface area contributed by atoms with Crippen molar-refractivity contribution in [2.24, 2.45) is 0 Å². The molecule has 0 saturated carbocycles. The second-order valence-electron chi connectivity index (χ2n) is 15.0. The number of ether oxygens (including phenoxy) is 1. The van der Waals surface area contributed by atoms with Gasteiger partial charge in [-0.05, 0) is 83.5 Å². The normalized spacial score (nSPS) is 13.9. The number of nitrogens with one attached hydrogen (secondary N) is 1. The molecule has 0 aromatic carbocycles. The van der Waals surface area contributed by atoms with E-state index in [9.17, 15) is 24.2 Å². The van der Waals surface area contributed by atoms with E-state index in [0.29, 0.717) is 6.42 Å². The summed E-state index contributed by atoms with van der Waals surface area (Å²) >= 11 is 0. The number of phosphoric ester groups is 1. The highest BCUT2D eigenvalue weighted by atomic mass is 31.2. The SMILES string of the molecule is CC/C=C\C/C=C\C/C=C\C/C=C\C/C=C\CCCCCCCC(=O)NCCOP(=O)(O)OCC(O)COC(=O)CCCCCCC/C=C\CCCCCCCCC.